The number of likely N-dealkylation sites (tertiary alicyclic amines) is 2. The van der Waals surface area contributed by atoms with E-state index in [2.05, 4.69) is 40.9 Å². The van der Waals surface area contributed by atoms with Crippen LogP contribution in [0.4, 0.5) is 0 Å². The van der Waals surface area contributed by atoms with Crippen LogP contribution in [-0.2, 0) is 0 Å². The molecule has 2 aliphatic heterocycles. The maximum Gasteiger partial charge on any atom is 0.193 e. The molecule has 0 spiro atoms. The molecule has 0 aromatic heterocycles. The average molecular weight is 366 g/mol. The van der Waals surface area contributed by atoms with Gasteiger partial charge in [0.2, 0.25) is 0 Å². The first-order chi connectivity index (χ1) is 12.7. The highest BCUT2D eigenvalue weighted by Gasteiger charge is 2.24. The number of hydrogen-bond donors (Lipinski definition) is 1. The van der Waals surface area contributed by atoms with Gasteiger partial charge in [-0.25, -0.2) is 0 Å². The van der Waals surface area contributed by atoms with E-state index in [0.29, 0.717) is 6.04 Å². The highest BCUT2D eigenvalue weighted by Crippen LogP contribution is 2.17. The van der Waals surface area contributed by atoms with Gasteiger partial charge in [-0.05, 0) is 78.2 Å². The summed E-state index contributed by atoms with van der Waals surface area (Å²) in [6, 6.07) is 0.693. The van der Waals surface area contributed by atoms with Crippen molar-refractivity contribution < 1.29 is 0 Å². The molecule has 5 nitrogen and oxygen atoms in total. The third-order valence-electron chi connectivity index (χ3n) is 5.93. The van der Waals surface area contributed by atoms with Gasteiger partial charge in [0.15, 0.2) is 5.96 Å². The van der Waals surface area contributed by atoms with E-state index >= 15 is 0 Å². The molecule has 0 bridgehead atoms. The van der Waals surface area contributed by atoms with Gasteiger partial charge >= 0.3 is 0 Å². The number of piperidine rings is 1. The van der Waals surface area contributed by atoms with Crippen molar-refractivity contribution in [3.05, 3.63) is 0 Å². The van der Waals surface area contributed by atoms with Gasteiger partial charge in [-0.15, -0.1) is 0 Å². The predicted molar refractivity (Wildman–Crippen MR) is 113 cm³/mol. The van der Waals surface area contributed by atoms with Crippen LogP contribution in [0.5, 0.6) is 0 Å². The van der Waals surface area contributed by atoms with Gasteiger partial charge in [-0.3, -0.25) is 9.89 Å². The van der Waals surface area contributed by atoms with Crippen molar-refractivity contribution in [2.45, 2.75) is 71.3 Å². The number of unbranched alkanes of at least 4 members (excludes halogenated alkanes) is 2. The Bertz CT molecular complexity index is 392. The highest BCUT2D eigenvalue weighted by atomic mass is 15.3. The maximum absolute atomic E-state index is 4.89. The summed E-state index contributed by atoms with van der Waals surface area (Å²) in [6.45, 7) is 13.8. The molecule has 1 unspecified atom stereocenters. The number of nitrogens with one attached hydrogen (secondary N) is 1. The minimum atomic E-state index is 0.693. The molecule has 26 heavy (non-hydrogen) atoms. The summed E-state index contributed by atoms with van der Waals surface area (Å²) >= 11 is 0. The van der Waals surface area contributed by atoms with Gasteiger partial charge in [-0.2, -0.15) is 0 Å². The lowest BCUT2D eigenvalue weighted by Crippen LogP contribution is -2.46. The Hall–Kier alpha value is -0.810. The van der Waals surface area contributed by atoms with Crippen molar-refractivity contribution in [2.75, 3.05) is 59.4 Å². The monoisotopic (exact) mass is 365 g/mol. The van der Waals surface area contributed by atoms with Crippen LogP contribution in [0.25, 0.3) is 0 Å². The summed E-state index contributed by atoms with van der Waals surface area (Å²) in [5, 5.41) is 3.48. The number of guanidine groups is 1. The lowest BCUT2D eigenvalue weighted by molar-refractivity contribution is 0.224. The SMILES string of the molecule is CCNC(=NCCCCCN1CCCCC1)N(C)CC1CCCN1CC. The fourth-order valence-corrected chi connectivity index (χ4v) is 4.38. The third kappa shape index (κ3) is 7.43. The molecular formula is C21H43N5. The van der Waals surface area contributed by atoms with Crippen LogP contribution in [0.15, 0.2) is 4.99 Å². The number of hydrogen-bond acceptors (Lipinski definition) is 3. The first-order valence-corrected chi connectivity index (χ1v) is 11.2. The second kappa shape index (κ2) is 12.6. The van der Waals surface area contributed by atoms with E-state index in [1.165, 1.54) is 84.1 Å². The molecule has 2 rings (SSSR count). The smallest absolute Gasteiger partial charge is 0.193 e. The summed E-state index contributed by atoms with van der Waals surface area (Å²) in [5.74, 6) is 1.09. The Balaban J connectivity index is 1.66. The zero-order chi connectivity index (χ0) is 18.6. The summed E-state index contributed by atoms with van der Waals surface area (Å²) in [5.41, 5.74) is 0. The van der Waals surface area contributed by atoms with Crippen LogP contribution in [0, 0.1) is 0 Å². The summed E-state index contributed by atoms with van der Waals surface area (Å²) < 4.78 is 0. The normalized spacial score (nSPS) is 22.7. The fraction of sp³-hybridized carbons (Fsp3) is 0.952. The van der Waals surface area contributed by atoms with Crippen molar-refractivity contribution in [2.24, 2.45) is 4.99 Å². The van der Waals surface area contributed by atoms with Crippen LogP contribution in [-0.4, -0.2) is 86.1 Å². The Morgan fingerprint density at radius 1 is 1.04 bits per heavy atom. The van der Waals surface area contributed by atoms with Crippen molar-refractivity contribution in [1.29, 1.82) is 0 Å². The van der Waals surface area contributed by atoms with E-state index in [0.717, 1.165) is 25.6 Å². The molecule has 0 saturated carbocycles. The molecule has 0 aromatic rings. The number of aliphatic imine (C=N–C) groups is 1. The van der Waals surface area contributed by atoms with Crippen LogP contribution >= 0.6 is 0 Å². The molecule has 0 aromatic carbocycles. The molecule has 5 heteroatoms. The van der Waals surface area contributed by atoms with E-state index in [4.69, 9.17) is 4.99 Å². The number of likely N-dealkylation sites (N-methyl/N-ethyl adjacent to an activating group) is 2. The Labute approximate surface area is 162 Å². The quantitative estimate of drug-likeness (QED) is 0.367. The zero-order valence-corrected chi connectivity index (χ0v) is 17.7. The number of rotatable bonds is 10. The largest absolute Gasteiger partial charge is 0.357 e. The average Bonchev–Trinajstić information content (AvgIpc) is 3.11. The van der Waals surface area contributed by atoms with Crippen LogP contribution in [0.3, 0.4) is 0 Å². The second-order valence-electron chi connectivity index (χ2n) is 8.00. The summed E-state index contributed by atoms with van der Waals surface area (Å²) in [4.78, 5) is 12.5. The highest BCUT2D eigenvalue weighted by molar-refractivity contribution is 5.79. The van der Waals surface area contributed by atoms with Crippen molar-refractivity contribution in [1.82, 2.24) is 20.0 Å². The van der Waals surface area contributed by atoms with E-state index in [1.807, 2.05) is 0 Å². The van der Waals surface area contributed by atoms with Crippen LogP contribution in [0.1, 0.15) is 65.2 Å². The van der Waals surface area contributed by atoms with Gasteiger partial charge in [0.05, 0.1) is 0 Å². The van der Waals surface area contributed by atoms with Gasteiger partial charge in [0, 0.05) is 32.7 Å². The minimum Gasteiger partial charge on any atom is -0.357 e. The number of nitrogens with zero attached hydrogens (tertiary/aromatic N) is 4. The molecule has 2 fully saturated rings. The van der Waals surface area contributed by atoms with Crippen molar-refractivity contribution >= 4 is 5.96 Å². The lowest BCUT2D eigenvalue weighted by atomic mass is 10.1. The standard InChI is InChI=1S/C21H43N5/c1-4-22-21(24(3)19-20-13-12-18-26(20)5-2)23-14-8-6-9-15-25-16-10-7-11-17-25/h20H,4-19H2,1-3H3,(H,22,23). The van der Waals surface area contributed by atoms with Gasteiger partial charge in [-0.1, -0.05) is 19.8 Å². The predicted octanol–water partition coefficient (Wildman–Crippen LogP) is 3.02. The first-order valence-electron chi connectivity index (χ1n) is 11.2. The molecule has 0 radical (unpaired) electrons. The molecule has 0 aliphatic carbocycles. The lowest BCUT2D eigenvalue weighted by Gasteiger charge is -2.29. The summed E-state index contributed by atoms with van der Waals surface area (Å²) in [7, 11) is 2.20. The molecule has 2 aliphatic rings. The van der Waals surface area contributed by atoms with E-state index in [1.54, 1.807) is 0 Å². The van der Waals surface area contributed by atoms with Crippen LogP contribution in [0.2, 0.25) is 0 Å². The first kappa shape index (κ1) is 21.5. The Kier molecular flexibility index (Phi) is 10.4. The Morgan fingerprint density at radius 2 is 1.85 bits per heavy atom. The molecule has 2 heterocycles. The van der Waals surface area contributed by atoms with Crippen molar-refractivity contribution in [3.63, 3.8) is 0 Å². The molecule has 0 amide bonds. The molecule has 152 valence electrons. The fourth-order valence-electron chi connectivity index (χ4n) is 4.38. The molecule has 1 atom stereocenters. The molecular weight excluding hydrogens is 322 g/mol. The second-order valence-corrected chi connectivity index (χ2v) is 8.00. The van der Waals surface area contributed by atoms with E-state index < -0.39 is 0 Å². The topological polar surface area (TPSA) is 34.1 Å². The summed E-state index contributed by atoms with van der Waals surface area (Å²) in [6.07, 6.45) is 10.7. The van der Waals surface area contributed by atoms with E-state index in [9.17, 15) is 0 Å². The Morgan fingerprint density at radius 3 is 2.58 bits per heavy atom. The minimum absolute atomic E-state index is 0.693. The maximum atomic E-state index is 4.89. The molecule has 2 saturated heterocycles. The van der Waals surface area contributed by atoms with Gasteiger partial charge in [0.1, 0.15) is 0 Å². The van der Waals surface area contributed by atoms with Crippen LogP contribution < -0.4 is 5.32 Å². The van der Waals surface area contributed by atoms with E-state index in [-0.39, 0.29) is 0 Å². The zero-order valence-electron chi connectivity index (χ0n) is 17.7. The van der Waals surface area contributed by atoms with Gasteiger partial charge in [0.25, 0.3) is 0 Å². The van der Waals surface area contributed by atoms with Crippen molar-refractivity contribution in [3.8, 4) is 0 Å². The third-order valence-corrected chi connectivity index (χ3v) is 5.93. The molecule has 1 N–H and O–H groups in total. The van der Waals surface area contributed by atoms with Gasteiger partial charge < -0.3 is 15.1 Å².